The second-order valence-corrected chi connectivity index (χ2v) is 4.28. The van der Waals surface area contributed by atoms with Gasteiger partial charge < -0.3 is 19.7 Å². The third kappa shape index (κ3) is 1.40. The number of hydrogen-bond donors (Lipinski definition) is 3. The van der Waals surface area contributed by atoms with Crippen molar-refractivity contribution in [2.45, 2.75) is 31.5 Å². The number of aryl methyl sites for hydroxylation is 1. The molecule has 4 atom stereocenters. The van der Waals surface area contributed by atoms with Crippen LogP contribution in [0.3, 0.4) is 0 Å². The highest BCUT2D eigenvalue weighted by atomic mass is 16.6. The van der Waals surface area contributed by atoms with Crippen molar-refractivity contribution in [3.05, 3.63) is 17.2 Å². The Hall–Kier alpha value is -1.44. The van der Waals surface area contributed by atoms with E-state index in [2.05, 4.69) is 4.98 Å². The Morgan fingerprint density at radius 1 is 1.59 bits per heavy atom. The molecule has 1 aromatic heterocycles. The first-order chi connectivity index (χ1) is 8.11. The number of fused-ring (bicyclic) bond motifs is 3. The Labute approximate surface area is 96.8 Å². The van der Waals surface area contributed by atoms with Gasteiger partial charge in [-0.05, 0) is 6.92 Å². The topological polar surface area (TPSA) is 101 Å². The molecule has 0 spiro atoms. The van der Waals surface area contributed by atoms with E-state index >= 15 is 0 Å². The van der Waals surface area contributed by atoms with Crippen molar-refractivity contribution < 1.29 is 19.7 Å². The molecule has 7 heteroatoms. The van der Waals surface area contributed by atoms with Crippen LogP contribution in [0, 0.1) is 12.3 Å². The zero-order valence-corrected chi connectivity index (χ0v) is 9.20. The first-order valence-electron chi connectivity index (χ1n) is 5.37. The Bertz CT molecular complexity index is 515. The van der Waals surface area contributed by atoms with Crippen molar-refractivity contribution in [1.29, 1.82) is 5.41 Å². The van der Waals surface area contributed by atoms with Crippen LogP contribution in [0.25, 0.3) is 0 Å². The van der Waals surface area contributed by atoms with Gasteiger partial charge in [0.2, 0.25) is 0 Å². The summed E-state index contributed by atoms with van der Waals surface area (Å²) in [4.78, 5) is 3.97. The molecule has 3 rings (SSSR count). The van der Waals surface area contributed by atoms with Gasteiger partial charge in [0.25, 0.3) is 0 Å². The normalized spacial score (nSPS) is 34.3. The Morgan fingerprint density at radius 3 is 3.06 bits per heavy atom. The lowest BCUT2D eigenvalue weighted by molar-refractivity contribution is -0.0435. The van der Waals surface area contributed by atoms with Gasteiger partial charge in [0.1, 0.15) is 12.2 Å². The molecule has 0 bridgehead atoms. The number of aliphatic hydroxyl groups is 2. The summed E-state index contributed by atoms with van der Waals surface area (Å²) in [6, 6.07) is 0.269. The van der Waals surface area contributed by atoms with Crippen molar-refractivity contribution in [2.24, 2.45) is 0 Å². The molecule has 1 saturated heterocycles. The molecule has 0 aromatic carbocycles. The fraction of sp³-hybridized carbons (Fsp3) is 0.600. The lowest BCUT2D eigenvalue weighted by atomic mass is 10.1. The summed E-state index contributed by atoms with van der Waals surface area (Å²) in [5, 5.41) is 26.5. The lowest BCUT2D eigenvalue weighted by Crippen LogP contribution is -2.34. The van der Waals surface area contributed by atoms with Crippen molar-refractivity contribution in [2.75, 3.05) is 6.61 Å². The van der Waals surface area contributed by atoms with E-state index in [0.29, 0.717) is 5.56 Å². The second kappa shape index (κ2) is 3.52. The molecule has 2 aliphatic rings. The van der Waals surface area contributed by atoms with Crippen LogP contribution in [-0.4, -0.2) is 44.7 Å². The van der Waals surface area contributed by atoms with E-state index in [1.165, 1.54) is 0 Å². The molecular weight excluding hydrogens is 226 g/mol. The first-order valence-corrected chi connectivity index (χ1v) is 5.37. The number of rotatable bonds is 1. The first kappa shape index (κ1) is 10.7. The summed E-state index contributed by atoms with van der Waals surface area (Å²) in [6.07, 6.45) is -0.866. The van der Waals surface area contributed by atoms with Crippen LogP contribution in [-0.2, 0) is 4.74 Å². The maximum atomic E-state index is 9.87. The second-order valence-electron chi connectivity index (χ2n) is 4.28. The van der Waals surface area contributed by atoms with Gasteiger partial charge in [-0.3, -0.25) is 9.98 Å². The van der Waals surface area contributed by atoms with Crippen molar-refractivity contribution in [3.63, 3.8) is 0 Å². The minimum absolute atomic E-state index is 0.143. The number of aliphatic hydroxyl groups excluding tert-OH is 2. The Morgan fingerprint density at radius 2 is 2.35 bits per heavy atom. The quantitative estimate of drug-likeness (QED) is 0.564. The van der Waals surface area contributed by atoms with E-state index in [-0.39, 0.29) is 18.1 Å². The molecule has 1 aromatic rings. The summed E-state index contributed by atoms with van der Waals surface area (Å²) in [5.41, 5.74) is 0.841. The minimum Gasteiger partial charge on any atom is -0.454 e. The van der Waals surface area contributed by atoms with Gasteiger partial charge in [0.15, 0.2) is 17.8 Å². The highest BCUT2D eigenvalue weighted by molar-refractivity contribution is 5.14. The largest absolute Gasteiger partial charge is 0.454 e. The SMILES string of the molecule is Cc1cn2c(nc1=N)O[C@@H]1[C@H](O)[C@@H](CO)O[C@@H]12. The van der Waals surface area contributed by atoms with Crippen LogP contribution in [0.4, 0.5) is 0 Å². The van der Waals surface area contributed by atoms with E-state index in [4.69, 9.17) is 20.0 Å². The summed E-state index contributed by atoms with van der Waals surface area (Å²) < 4.78 is 12.6. The molecule has 92 valence electrons. The molecule has 2 aliphatic heterocycles. The van der Waals surface area contributed by atoms with Crippen LogP contribution in [0.5, 0.6) is 6.01 Å². The smallest absolute Gasteiger partial charge is 0.301 e. The van der Waals surface area contributed by atoms with E-state index in [9.17, 15) is 5.11 Å². The molecule has 3 heterocycles. The molecule has 0 amide bonds. The molecule has 1 fully saturated rings. The average Bonchev–Trinajstić information content (AvgIpc) is 2.78. The lowest BCUT2D eigenvalue weighted by Gasteiger charge is -2.14. The van der Waals surface area contributed by atoms with Crippen LogP contribution >= 0.6 is 0 Å². The van der Waals surface area contributed by atoms with Gasteiger partial charge in [0, 0.05) is 11.8 Å². The Balaban J connectivity index is 2.02. The molecule has 0 radical (unpaired) electrons. The van der Waals surface area contributed by atoms with Gasteiger partial charge in [-0.15, -0.1) is 0 Å². The van der Waals surface area contributed by atoms with Crippen molar-refractivity contribution >= 4 is 0 Å². The fourth-order valence-corrected chi connectivity index (χ4v) is 2.18. The molecule has 0 aliphatic carbocycles. The monoisotopic (exact) mass is 239 g/mol. The van der Waals surface area contributed by atoms with Gasteiger partial charge in [-0.2, -0.15) is 4.98 Å². The fourth-order valence-electron chi connectivity index (χ4n) is 2.18. The predicted molar refractivity (Wildman–Crippen MR) is 54.2 cm³/mol. The highest BCUT2D eigenvalue weighted by Crippen LogP contribution is 2.38. The zero-order valence-electron chi connectivity index (χ0n) is 9.20. The minimum atomic E-state index is -0.888. The summed E-state index contributed by atoms with van der Waals surface area (Å²) >= 11 is 0. The van der Waals surface area contributed by atoms with Crippen molar-refractivity contribution in [3.8, 4) is 6.01 Å². The van der Waals surface area contributed by atoms with Gasteiger partial charge in [-0.1, -0.05) is 0 Å². The highest BCUT2D eigenvalue weighted by Gasteiger charge is 2.50. The maximum Gasteiger partial charge on any atom is 0.301 e. The van der Waals surface area contributed by atoms with E-state index in [1.54, 1.807) is 17.7 Å². The molecule has 7 nitrogen and oxygen atoms in total. The number of nitrogens with zero attached hydrogens (tertiary/aromatic N) is 2. The summed E-state index contributed by atoms with van der Waals surface area (Å²) in [7, 11) is 0. The predicted octanol–water partition coefficient (Wildman–Crippen LogP) is -1.32. The van der Waals surface area contributed by atoms with Gasteiger partial charge in [0.05, 0.1) is 6.61 Å². The third-order valence-electron chi connectivity index (χ3n) is 3.14. The zero-order chi connectivity index (χ0) is 12.2. The molecular formula is C10H13N3O4. The Kier molecular flexibility index (Phi) is 2.22. The number of ether oxygens (including phenoxy) is 2. The molecule has 0 unspecified atom stereocenters. The average molecular weight is 239 g/mol. The standard InChI is InChI=1S/C10H13N3O4/c1-4-2-13-9-7(6(15)5(3-14)16-9)17-10(13)12-8(4)11/h2,5-7,9,11,14-15H,3H2,1H3/t5-,6-,7-,9+/m1/s1. The number of aromatic nitrogens is 2. The van der Waals surface area contributed by atoms with Gasteiger partial charge >= 0.3 is 6.01 Å². The van der Waals surface area contributed by atoms with E-state index in [1.807, 2.05) is 0 Å². The molecule has 3 N–H and O–H groups in total. The van der Waals surface area contributed by atoms with Crippen LogP contribution in [0.15, 0.2) is 6.20 Å². The van der Waals surface area contributed by atoms with Gasteiger partial charge in [-0.25, -0.2) is 0 Å². The van der Waals surface area contributed by atoms with Crippen LogP contribution in [0.2, 0.25) is 0 Å². The van der Waals surface area contributed by atoms with Crippen LogP contribution < -0.4 is 10.2 Å². The van der Waals surface area contributed by atoms with E-state index in [0.717, 1.165) is 0 Å². The molecule has 0 saturated carbocycles. The van der Waals surface area contributed by atoms with E-state index < -0.39 is 24.5 Å². The summed E-state index contributed by atoms with van der Waals surface area (Å²) in [6.45, 7) is 1.52. The van der Waals surface area contributed by atoms with Crippen LogP contribution in [0.1, 0.15) is 11.8 Å². The number of hydrogen-bond acceptors (Lipinski definition) is 6. The molecule has 17 heavy (non-hydrogen) atoms. The maximum absolute atomic E-state index is 9.87. The number of nitrogens with one attached hydrogen (secondary N) is 1. The van der Waals surface area contributed by atoms with Crippen molar-refractivity contribution in [1.82, 2.24) is 9.55 Å². The summed E-state index contributed by atoms with van der Waals surface area (Å²) in [5.74, 6) is 0. The third-order valence-corrected chi connectivity index (χ3v) is 3.14.